The van der Waals surface area contributed by atoms with Crippen LogP contribution in [0.1, 0.15) is 17.3 Å². The van der Waals surface area contributed by atoms with Gasteiger partial charge in [0.25, 0.3) is 5.91 Å². The van der Waals surface area contributed by atoms with Gasteiger partial charge in [-0.15, -0.1) is 0 Å². The molecule has 0 radical (unpaired) electrons. The lowest BCUT2D eigenvalue weighted by atomic mass is 10.1. The summed E-state index contributed by atoms with van der Waals surface area (Å²) in [5.74, 6) is -1.23. The summed E-state index contributed by atoms with van der Waals surface area (Å²) in [5.41, 5.74) is 5.55. The number of fused-ring (bicyclic) bond motifs is 1. The van der Waals surface area contributed by atoms with Gasteiger partial charge in [-0.1, -0.05) is 28.1 Å². The molecule has 2 atom stereocenters. The highest BCUT2D eigenvalue weighted by Gasteiger charge is 2.23. The fourth-order valence-electron chi connectivity index (χ4n) is 2.01. The van der Waals surface area contributed by atoms with Crippen LogP contribution >= 0.6 is 15.9 Å². The van der Waals surface area contributed by atoms with Crippen LogP contribution in [0.25, 0.3) is 10.8 Å². The molecular weight excluding hydrogens is 336 g/mol. The van der Waals surface area contributed by atoms with E-state index >= 15 is 0 Å². The Morgan fingerprint density at radius 2 is 1.81 bits per heavy atom. The molecule has 2 aromatic rings. The molecule has 0 saturated heterocycles. The monoisotopic (exact) mass is 350 g/mol. The molecule has 5 nitrogen and oxygen atoms in total. The third-order valence-corrected chi connectivity index (χ3v) is 3.63. The number of amides is 2. The summed E-state index contributed by atoms with van der Waals surface area (Å²) in [5, 5.41) is 13.8. The van der Waals surface area contributed by atoms with Crippen LogP contribution in [0.3, 0.4) is 0 Å². The number of primary amides is 1. The van der Waals surface area contributed by atoms with Gasteiger partial charge < -0.3 is 16.2 Å². The van der Waals surface area contributed by atoms with E-state index in [4.69, 9.17) is 5.73 Å². The number of carbonyl (C=O) groups excluding carboxylic acids is 2. The van der Waals surface area contributed by atoms with E-state index in [0.29, 0.717) is 5.56 Å². The zero-order valence-corrected chi connectivity index (χ0v) is 12.9. The van der Waals surface area contributed by atoms with Crippen LogP contribution in [0.2, 0.25) is 0 Å². The Hall–Kier alpha value is -1.92. The maximum absolute atomic E-state index is 12.1. The molecule has 0 unspecified atom stereocenters. The smallest absolute Gasteiger partial charge is 0.252 e. The average Bonchev–Trinajstić information content (AvgIpc) is 2.43. The molecule has 2 rings (SSSR count). The normalized spacial score (nSPS) is 13.7. The fourth-order valence-corrected chi connectivity index (χ4v) is 2.39. The fraction of sp³-hybridized carbons (Fsp3) is 0.200. The van der Waals surface area contributed by atoms with E-state index in [9.17, 15) is 14.7 Å². The Kier molecular flexibility index (Phi) is 4.59. The van der Waals surface area contributed by atoms with Crippen molar-refractivity contribution in [3.63, 3.8) is 0 Å². The highest BCUT2D eigenvalue weighted by molar-refractivity contribution is 9.10. The van der Waals surface area contributed by atoms with Crippen molar-refractivity contribution in [3.8, 4) is 0 Å². The Morgan fingerprint density at radius 3 is 2.43 bits per heavy atom. The number of halogens is 1. The Morgan fingerprint density at radius 1 is 1.19 bits per heavy atom. The molecule has 2 aromatic carbocycles. The third kappa shape index (κ3) is 3.59. The van der Waals surface area contributed by atoms with Crippen molar-refractivity contribution in [1.82, 2.24) is 5.32 Å². The van der Waals surface area contributed by atoms with Crippen LogP contribution in [0, 0.1) is 0 Å². The van der Waals surface area contributed by atoms with Gasteiger partial charge in [-0.2, -0.15) is 0 Å². The second-order valence-electron chi connectivity index (χ2n) is 4.80. The molecule has 0 aliphatic heterocycles. The molecule has 0 aliphatic carbocycles. The quantitative estimate of drug-likeness (QED) is 0.781. The van der Waals surface area contributed by atoms with E-state index in [1.54, 1.807) is 12.1 Å². The molecule has 0 spiro atoms. The molecule has 0 saturated carbocycles. The summed E-state index contributed by atoms with van der Waals surface area (Å²) >= 11 is 3.39. The Balaban J connectivity index is 2.27. The summed E-state index contributed by atoms with van der Waals surface area (Å²) in [6, 6.07) is 9.79. The van der Waals surface area contributed by atoms with Gasteiger partial charge in [0.2, 0.25) is 5.91 Å². The number of aliphatic hydroxyl groups excluding tert-OH is 1. The summed E-state index contributed by atoms with van der Waals surface area (Å²) in [7, 11) is 0. The van der Waals surface area contributed by atoms with Gasteiger partial charge in [0.05, 0.1) is 6.10 Å². The van der Waals surface area contributed by atoms with Gasteiger partial charge in [0.15, 0.2) is 0 Å². The van der Waals surface area contributed by atoms with Crippen molar-refractivity contribution in [1.29, 1.82) is 0 Å². The highest BCUT2D eigenvalue weighted by atomic mass is 79.9. The predicted octanol–water partition coefficient (Wildman–Crippen LogP) is 1.57. The minimum Gasteiger partial charge on any atom is -0.391 e. The summed E-state index contributed by atoms with van der Waals surface area (Å²) in [4.78, 5) is 23.3. The second kappa shape index (κ2) is 6.24. The summed E-state index contributed by atoms with van der Waals surface area (Å²) in [6.45, 7) is 1.40. The maximum atomic E-state index is 12.1. The zero-order chi connectivity index (χ0) is 15.6. The first kappa shape index (κ1) is 15.5. The molecule has 4 N–H and O–H groups in total. The average molecular weight is 351 g/mol. The number of nitrogens with two attached hydrogens (primary N) is 1. The van der Waals surface area contributed by atoms with Crippen LogP contribution in [0.5, 0.6) is 0 Å². The van der Waals surface area contributed by atoms with Crippen LogP contribution < -0.4 is 11.1 Å². The van der Waals surface area contributed by atoms with Crippen molar-refractivity contribution >= 4 is 38.5 Å². The predicted molar refractivity (Wildman–Crippen MR) is 83.8 cm³/mol. The summed E-state index contributed by atoms with van der Waals surface area (Å²) < 4.78 is 0.954. The number of nitrogens with one attached hydrogen (secondary N) is 1. The van der Waals surface area contributed by atoms with Gasteiger partial charge in [0, 0.05) is 10.0 Å². The topological polar surface area (TPSA) is 92.4 Å². The van der Waals surface area contributed by atoms with Gasteiger partial charge in [-0.25, -0.2) is 0 Å². The molecule has 0 aliphatic rings. The number of rotatable bonds is 4. The molecule has 6 heteroatoms. The van der Waals surface area contributed by atoms with Crippen molar-refractivity contribution in [2.75, 3.05) is 0 Å². The Labute approximate surface area is 130 Å². The molecule has 0 bridgehead atoms. The van der Waals surface area contributed by atoms with Crippen molar-refractivity contribution in [3.05, 3.63) is 46.4 Å². The van der Waals surface area contributed by atoms with Gasteiger partial charge in [-0.05, 0) is 42.0 Å². The van der Waals surface area contributed by atoms with Gasteiger partial charge in [0.1, 0.15) is 6.04 Å². The molecule has 110 valence electrons. The van der Waals surface area contributed by atoms with E-state index in [-0.39, 0.29) is 0 Å². The number of hydrogen-bond acceptors (Lipinski definition) is 3. The first-order valence-corrected chi connectivity index (χ1v) is 7.15. The lowest BCUT2D eigenvalue weighted by Gasteiger charge is -2.18. The first-order chi connectivity index (χ1) is 9.88. The number of aliphatic hydroxyl groups is 1. The van der Waals surface area contributed by atoms with E-state index in [2.05, 4.69) is 21.2 Å². The van der Waals surface area contributed by atoms with Crippen LogP contribution in [0.15, 0.2) is 40.9 Å². The first-order valence-electron chi connectivity index (χ1n) is 6.36. The lowest BCUT2D eigenvalue weighted by Crippen LogP contribution is -2.50. The molecule has 0 heterocycles. The SMILES string of the molecule is C[C@@H](O)[C@H](NC(=O)c1ccc2cc(Br)ccc2c1)C(N)=O. The second-order valence-corrected chi connectivity index (χ2v) is 5.72. The largest absolute Gasteiger partial charge is 0.391 e. The maximum Gasteiger partial charge on any atom is 0.252 e. The van der Waals surface area contributed by atoms with Crippen molar-refractivity contribution in [2.24, 2.45) is 5.73 Å². The molecular formula is C15H15BrN2O3. The zero-order valence-electron chi connectivity index (χ0n) is 11.3. The van der Waals surface area contributed by atoms with E-state index in [1.807, 2.05) is 24.3 Å². The van der Waals surface area contributed by atoms with Crippen LogP contribution in [-0.4, -0.2) is 29.1 Å². The third-order valence-electron chi connectivity index (χ3n) is 3.14. The van der Waals surface area contributed by atoms with Crippen molar-refractivity contribution < 1.29 is 14.7 Å². The van der Waals surface area contributed by atoms with E-state index in [0.717, 1.165) is 15.2 Å². The lowest BCUT2D eigenvalue weighted by molar-refractivity contribution is -0.122. The van der Waals surface area contributed by atoms with E-state index in [1.165, 1.54) is 6.92 Å². The number of hydrogen-bond donors (Lipinski definition) is 3. The van der Waals surface area contributed by atoms with Crippen LogP contribution in [0.4, 0.5) is 0 Å². The minimum absolute atomic E-state index is 0.400. The molecule has 0 aromatic heterocycles. The van der Waals surface area contributed by atoms with Crippen LogP contribution in [-0.2, 0) is 4.79 Å². The van der Waals surface area contributed by atoms with E-state index < -0.39 is 24.0 Å². The van der Waals surface area contributed by atoms with Crippen molar-refractivity contribution in [2.45, 2.75) is 19.1 Å². The minimum atomic E-state index is -1.11. The van der Waals surface area contributed by atoms with Gasteiger partial charge in [-0.3, -0.25) is 9.59 Å². The summed E-state index contributed by atoms with van der Waals surface area (Å²) in [6.07, 6.45) is -1.05. The molecule has 21 heavy (non-hydrogen) atoms. The standard InChI is InChI=1S/C15H15BrN2O3/c1-8(19)13(14(17)20)18-15(21)11-3-2-10-7-12(16)5-4-9(10)6-11/h2-8,13,19H,1H3,(H2,17,20)(H,18,21)/t8-,13+/m1/s1. The van der Waals surface area contributed by atoms with Gasteiger partial charge >= 0.3 is 0 Å². The number of benzene rings is 2. The highest BCUT2D eigenvalue weighted by Crippen LogP contribution is 2.21. The molecule has 2 amide bonds. The number of carbonyl (C=O) groups is 2. The molecule has 0 fully saturated rings. The Bertz CT molecular complexity index is 700.